The fourth-order valence-electron chi connectivity index (χ4n) is 7.25. The highest BCUT2D eigenvalue weighted by atomic mass is 16.2. The van der Waals surface area contributed by atoms with E-state index in [4.69, 9.17) is 0 Å². The Kier molecular flexibility index (Phi) is 5.61. The Morgan fingerprint density at radius 2 is 1.00 bits per heavy atom. The van der Waals surface area contributed by atoms with Crippen molar-refractivity contribution in [1.82, 2.24) is 9.80 Å². The number of amides is 4. The summed E-state index contributed by atoms with van der Waals surface area (Å²) in [4.78, 5) is 57.8. The predicted octanol–water partition coefficient (Wildman–Crippen LogP) is 6.66. The highest BCUT2D eigenvalue weighted by molar-refractivity contribution is 6.42. The lowest BCUT2D eigenvalue weighted by molar-refractivity contribution is 0.0521. The number of benzene rings is 5. The van der Waals surface area contributed by atoms with Crippen LogP contribution in [0.2, 0.25) is 0 Å². The zero-order valence-corrected chi connectivity index (χ0v) is 24.2. The molecule has 8 nitrogen and oxygen atoms in total. The Hall–Kier alpha value is -5.34. The molecule has 2 heterocycles. The number of hydrogen-bond donors (Lipinski definition) is 0. The van der Waals surface area contributed by atoms with E-state index in [1.165, 1.54) is 9.80 Å². The van der Waals surface area contributed by atoms with E-state index in [9.17, 15) is 29.7 Å². The number of nitrogens with zero attached hydrogens (tertiary/aromatic N) is 4. The van der Waals surface area contributed by atoms with Crippen molar-refractivity contribution in [2.75, 3.05) is 0 Å². The molecule has 210 valence electrons. The quantitative estimate of drug-likeness (QED) is 0.133. The van der Waals surface area contributed by atoms with Gasteiger partial charge in [-0.1, -0.05) is 32.9 Å². The summed E-state index contributed by atoms with van der Waals surface area (Å²) in [6.07, 6.45) is 1.78. The van der Waals surface area contributed by atoms with Gasteiger partial charge < -0.3 is 0 Å². The third kappa shape index (κ3) is 3.13. The monoisotopic (exact) mass is 566 g/mol. The van der Waals surface area contributed by atoms with E-state index in [2.05, 4.69) is 12.1 Å². The minimum Gasteiger partial charge on any atom is -0.272 e. The average molecular weight is 567 g/mol. The Balaban J connectivity index is 1.69. The van der Waals surface area contributed by atoms with Crippen molar-refractivity contribution in [1.29, 1.82) is 10.5 Å². The second kappa shape index (κ2) is 9.08. The predicted molar refractivity (Wildman–Crippen MR) is 162 cm³/mol. The van der Waals surface area contributed by atoms with Gasteiger partial charge in [-0.25, -0.2) is 0 Å². The summed E-state index contributed by atoms with van der Waals surface area (Å²) >= 11 is 0. The molecule has 2 aliphatic heterocycles. The van der Waals surface area contributed by atoms with Crippen molar-refractivity contribution in [2.45, 2.75) is 59.0 Å². The van der Waals surface area contributed by atoms with Crippen LogP contribution in [0.25, 0.3) is 43.1 Å². The molecule has 0 N–H and O–H groups in total. The van der Waals surface area contributed by atoms with Gasteiger partial charge in [0.1, 0.15) is 0 Å². The molecule has 0 fully saturated rings. The molecule has 0 saturated carbocycles. The Morgan fingerprint density at radius 3 is 1.42 bits per heavy atom. The van der Waals surface area contributed by atoms with Crippen LogP contribution in [0.1, 0.15) is 99.5 Å². The number of fused-ring (bicyclic) bond motifs is 2. The molecule has 1 unspecified atom stereocenters. The standard InChI is InChI=1S/C35H26N4O4/c1-5-16(4)38-32(40)22-10-8-20-27-18(15-37)13-25-29-23(33(41)39(35(25)43)19(6-2)7-3)11-9-21(31(27)29)26-17(14-36)12-24(34(38)42)28(22)30(20)26/h8-13,16,19H,5-7H2,1-4H3. The molecule has 1 atom stereocenters. The first-order chi connectivity index (χ1) is 20.7. The SMILES string of the molecule is CCC(C)N1C(=O)c2ccc3c4c(C#N)cc5c6c(ccc(c7c(C#N)cc(c2c37)C1=O)c64)C(=O)N(C(CC)CC)C5=O. The lowest BCUT2D eigenvalue weighted by Gasteiger charge is -2.34. The normalized spacial score (nSPS) is 15.4. The van der Waals surface area contributed by atoms with Crippen LogP contribution in [0, 0.1) is 22.7 Å². The van der Waals surface area contributed by atoms with Gasteiger partial charge in [0.2, 0.25) is 0 Å². The van der Waals surface area contributed by atoms with E-state index >= 15 is 0 Å². The molecule has 4 amide bonds. The van der Waals surface area contributed by atoms with Crippen molar-refractivity contribution in [3.05, 3.63) is 69.8 Å². The van der Waals surface area contributed by atoms with Gasteiger partial charge in [-0.05, 0) is 61.2 Å². The van der Waals surface area contributed by atoms with Crippen molar-refractivity contribution in [3.63, 3.8) is 0 Å². The fraction of sp³-hybridized carbons (Fsp3) is 0.257. The molecule has 0 bridgehead atoms. The summed E-state index contributed by atoms with van der Waals surface area (Å²) in [6, 6.07) is 13.9. The average Bonchev–Trinajstić information content (AvgIpc) is 3.02. The van der Waals surface area contributed by atoms with Gasteiger partial charge in [-0.3, -0.25) is 29.0 Å². The minimum absolute atomic E-state index is 0.240. The van der Waals surface area contributed by atoms with Gasteiger partial charge in [0, 0.05) is 55.5 Å². The van der Waals surface area contributed by atoms with Crippen LogP contribution in [0.3, 0.4) is 0 Å². The molecule has 5 aromatic carbocycles. The first-order valence-electron chi connectivity index (χ1n) is 14.6. The van der Waals surface area contributed by atoms with E-state index in [1.807, 2.05) is 27.7 Å². The van der Waals surface area contributed by atoms with Gasteiger partial charge in [0.05, 0.1) is 34.4 Å². The molecule has 0 radical (unpaired) electrons. The number of nitriles is 2. The topological polar surface area (TPSA) is 122 Å². The van der Waals surface area contributed by atoms with Crippen LogP contribution in [-0.2, 0) is 0 Å². The molecule has 0 spiro atoms. The molecule has 0 aromatic heterocycles. The second-order valence-corrected chi connectivity index (χ2v) is 11.4. The van der Waals surface area contributed by atoms with Crippen molar-refractivity contribution in [2.24, 2.45) is 0 Å². The fourth-order valence-corrected chi connectivity index (χ4v) is 7.25. The molecule has 7 rings (SSSR count). The Bertz CT molecular complexity index is 2230. The minimum atomic E-state index is -0.457. The molecular weight excluding hydrogens is 540 g/mol. The Morgan fingerprint density at radius 1 is 0.581 bits per heavy atom. The number of rotatable bonds is 5. The van der Waals surface area contributed by atoms with Crippen LogP contribution < -0.4 is 0 Å². The lowest BCUT2D eigenvalue weighted by atomic mass is 9.79. The van der Waals surface area contributed by atoms with Gasteiger partial charge in [-0.15, -0.1) is 0 Å². The van der Waals surface area contributed by atoms with Crippen LogP contribution in [0.4, 0.5) is 0 Å². The lowest BCUT2D eigenvalue weighted by Crippen LogP contribution is -2.46. The zero-order chi connectivity index (χ0) is 30.5. The number of carbonyl (C=O) groups is 4. The van der Waals surface area contributed by atoms with Crippen molar-refractivity contribution < 1.29 is 19.2 Å². The van der Waals surface area contributed by atoms with Gasteiger partial charge in [-0.2, -0.15) is 10.5 Å². The van der Waals surface area contributed by atoms with E-state index in [0.29, 0.717) is 73.5 Å². The summed E-state index contributed by atoms with van der Waals surface area (Å²) in [6.45, 7) is 7.58. The highest BCUT2D eigenvalue weighted by Gasteiger charge is 2.40. The number of hydrogen-bond acceptors (Lipinski definition) is 6. The van der Waals surface area contributed by atoms with Crippen LogP contribution >= 0.6 is 0 Å². The van der Waals surface area contributed by atoms with Gasteiger partial charge >= 0.3 is 0 Å². The summed E-state index contributed by atoms with van der Waals surface area (Å²) in [5, 5.41) is 25.0. The van der Waals surface area contributed by atoms with Gasteiger partial charge in [0.15, 0.2) is 0 Å². The Labute approximate surface area is 247 Å². The summed E-state index contributed by atoms with van der Waals surface area (Å²) in [7, 11) is 0. The first kappa shape index (κ1) is 26.6. The molecule has 5 aromatic rings. The summed E-state index contributed by atoms with van der Waals surface area (Å²) < 4.78 is 0. The summed E-state index contributed by atoms with van der Waals surface area (Å²) in [5.74, 6) is -1.68. The zero-order valence-electron chi connectivity index (χ0n) is 24.2. The molecule has 0 aliphatic carbocycles. The third-order valence-corrected chi connectivity index (χ3v) is 9.48. The molecule has 43 heavy (non-hydrogen) atoms. The molecule has 0 saturated heterocycles. The largest absolute Gasteiger partial charge is 0.272 e. The molecule has 8 heteroatoms. The third-order valence-electron chi connectivity index (χ3n) is 9.48. The summed E-state index contributed by atoms with van der Waals surface area (Å²) in [5.41, 5.74) is 1.76. The smallest absolute Gasteiger partial charge is 0.261 e. The molecule has 2 aliphatic rings. The first-order valence-corrected chi connectivity index (χ1v) is 14.6. The highest BCUT2D eigenvalue weighted by Crippen LogP contribution is 2.48. The van der Waals surface area contributed by atoms with Crippen LogP contribution in [-0.4, -0.2) is 45.5 Å². The van der Waals surface area contributed by atoms with E-state index in [0.717, 1.165) is 0 Å². The van der Waals surface area contributed by atoms with E-state index < -0.39 is 17.7 Å². The van der Waals surface area contributed by atoms with Crippen LogP contribution in [0.15, 0.2) is 36.4 Å². The van der Waals surface area contributed by atoms with E-state index in [1.54, 1.807) is 36.4 Å². The van der Waals surface area contributed by atoms with E-state index in [-0.39, 0.29) is 40.2 Å². The maximum atomic E-state index is 13.9. The second-order valence-electron chi connectivity index (χ2n) is 11.4. The van der Waals surface area contributed by atoms with Gasteiger partial charge in [0.25, 0.3) is 23.6 Å². The maximum Gasteiger partial charge on any atom is 0.261 e. The number of imide groups is 2. The number of carbonyl (C=O) groups excluding carboxylic acids is 4. The molecular formula is C35H26N4O4. The van der Waals surface area contributed by atoms with Crippen molar-refractivity contribution >= 4 is 66.7 Å². The maximum absolute atomic E-state index is 13.9. The van der Waals surface area contributed by atoms with Crippen molar-refractivity contribution in [3.8, 4) is 12.1 Å². The van der Waals surface area contributed by atoms with Crippen LogP contribution in [0.5, 0.6) is 0 Å².